The number of carbonyl (C=O) groups is 1. The zero-order valence-electron chi connectivity index (χ0n) is 12.5. The van der Waals surface area contributed by atoms with Crippen LogP contribution < -0.4 is 9.47 Å². The van der Waals surface area contributed by atoms with Gasteiger partial charge in [-0.2, -0.15) is 0 Å². The standard InChI is InChI=1S/C18H20O3/c1-14-4-5-15(2)18(12-14)21-11-3-10-20-17-8-6-16(13-19)7-9-17/h4-9,12-13H,3,10-11H2,1-2H3. The minimum atomic E-state index is 0.589. The monoisotopic (exact) mass is 284 g/mol. The quantitative estimate of drug-likeness (QED) is 0.570. The van der Waals surface area contributed by atoms with Crippen molar-refractivity contribution >= 4 is 6.29 Å². The van der Waals surface area contributed by atoms with Crippen LogP contribution in [0.1, 0.15) is 27.9 Å². The molecule has 2 aromatic carbocycles. The molecule has 110 valence electrons. The van der Waals surface area contributed by atoms with Gasteiger partial charge in [0.1, 0.15) is 17.8 Å². The fourth-order valence-electron chi connectivity index (χ4n) is 1.94. The lowest BCUT2D eigenvalue weighted by atomic mass is 10.1. The zero-order valence-corrected chi connectivity index (χ0v) is 12.5. The molecule has 0 bridgehead atoms. The van der Waals surface area contributed by atoms with Crippen molar-refractivity contribution in [1.82, 2.24) is 0 Å². The molecule has 3 heteroatoms. The first-order valence-electron chi connectivity index (χ1n) is 7.07. The maximum atomic E-state index is 10.5. The Balaban J connectivity index is 1.72. The highest BCUT2D eigenvalue weighted by atomic mass is 16.5. The van der Waals surface area contributed by atoms with Gasteiger partial charge in [-0.3, -0.25) is 4.79 Å². The maximum Gasteiger partial charge on any atom is 0.150 e. The van der Waals surface area contributed by atoms with Crippen molar-refractivity contribution < 1.29 is 14.3 Å². The van der Waals surface area contributed by atoms with Crippen molar-refractivity contribution in [1.29, 1.82) is 0 Å². The number of hydrogen-bond donors (Lipinski definition) is 0. The van der Waals surface area contributed by atoms with Gasteiger partial charge in [0.05, 0.1) is 13.2 Å². The molecule has 0 saturated heterocycles. The molecule has 0 unspecified atom stereocenters. The van der Waals surface area contributed by atoms with E-state index in [9.17, 15) is 4.79 Å². The summed E-state index contributed by atoms with van der Waals surface area (Å²) in [6, 6.07) is 13.3. The average molecular weight is 284 g/mol. The lowest BCUT2D eigenvalue weighted by molar-refractivity contribution is 0.112. The van der Waals surface area contributed by atoms with Crippen molar-refractivity contribution in [2.75, 3.05) is 13.2 Å². The summed E-state index contributed by atoms with van der Waals surface area (Å²) in [4.78, 5) is 10.5. The summed E-state index contributed by atoms with van der Waals surface area (Å²) in [5.41, 5.74) is 2.99. The van der Waals surface area contributed by atoms with Gasteiger partial charge < -0.3 is 9.47 Å². The van der Waals surface area contributed by atoms with E-state index in [-0.39, 0.29) is 0 Å². The molecular formula is C18H20O3. The van der Waals surface area contributed by atoms with E-state index >= 15 is 0 Å². The van der Waals surface area contributed by atoms with Crippen LogP contribution in [0.2, 0.25) is 0 Å². The normalized spacial score (nSPS) is 10.2. The average Bonchev–Trinajstić information content (AvgIpc) is 2.51. The first kappa shape index (κ1) is 15.1. The first-order chi connectivity index (χ1) is 10.2. The first-order valence-corrected chi connectivity index (χ1v) is 7.07. The Kier molecular flexibility index (Phi) is 5.38. The lowest BCUT2D eigenvalue weighted by Gasteiger charge is -2.10. The van der Waals surface area contributed by atoms with Crippen molar-refractivity contribution in [2.24, 2.45) is 0 Å². The summed E-state index contributed by atoms with van der Waals surface area (Å²) in [5.74, 6) is 1.71. The molecule has 0 fully saturated rings. The molecule has 0 N–H and O–H groups in total. The number of hydrogen-bond acceptors (Lipinski definition) is 3. The van der Waals surface area contributed by atoms with Crippen LogP contribution in [-0.4, -0.2) is 19.5 Å². The van der Waals surface area contributed by atoms with E-state index in [1.165, 1.54) is 5.56 Å². The summed E-state index contributed by atoms with van der Waals surface area (Å²) in [7, 11) is 0. The second-order valence-corrected chi connectivity index (χ2v) is 5.01. The summed E-state index contributed by atoms with van der Waals surface area (Å²) in [5, 5.41) is 0. The Hall–Kier alpha value is -2.29. The third-order valence-electron chi connectivity index (χ3n) is 3.17. The van der Waals surface area contributed by atoms with Gasteiger partial charge in [-0.25, -0.2) is 0 Å². The molecule has 0 spiro atoms. The highest BCUT2D eigenvalue weighted by Crippen LogP contribution is 2.19. The molecule has 2 aromatic rings. The highest BCUT2D eigenvalue weighted by Gasteiger charge is 2.00. The van der Waals surface area contributed by atoms with Crippen LogP contribution in [0.15, 0.2) is 42.5 Å². The van der Waals surface area contributed by atoms with Crippen LogP contribution in [0.25, 0.3) is 0 Å². The maximum absolute atomic E-state index is 10.5. The molecule has 21 heavy (non-hydrogen) atoms. The predicted octanol–water partition coefficient (Wildman–Crippen LogP) is 3.96. The number of carbonyl (C=O) groups excluding carboxylic acids is 1. The van der Waals surface area contributed by atoms with E-state index in [1.807, 2.05) is 13.0 Å². The SMILES string of the molecule is Cc1ccc(C)c(OCCCOc2ccc(C=O)cc2)c1. The van der Waals surface area contributed by atoms with Crippen molar-refractivity contribution in [3.8, 4) is 11.5 Å². The summed E-state index contributed by atoms with van der Waals surface area (Å²) < 4.78 is 11.4. The third kappa shape index (κ3) is 4.63. The van der Waals surface area contributed by atoms with Gasteiger partial charge in [-0.15, -0.1) is 0 Å². The Labute approximate surface area is 125 Å². The number of benzene rings is 2. The van der Waals surface area contributed by atoms with E-state index in [4.69, 9.17) is 9.47 Å². The molecule has 0 aliphatic rings. The van der Waals surface area contributed by atoms with Gasteiger partial charge in [0.15, 0.2) is 0 Å². The fourth-order valence-corrected chi connectivity index (χ4v) is 1.94. The summed E-state index contributed by atoms with van der Waals surface area (Å²) in [6.45, 7) is 5.31. The van der Waals surface area contributed by atoms with E-state index < -0.39 is 0 Å². The number of rotatable bonds is 7. The topological polar surface area (TPSA) is 35.5 Å². The van der Waals surface area contributed by atoms with Gasteiger partial charge in [-0.1, -0.05) is 12.1 Å². The second-order valence-electron chi connectivity index (χ2n) is 5.01. The second kappa shape index (κ2) is 7.48. The number of aryl methyl sites for hydroxylation is 2. The predicted molar refractivity (Wildman–Crippen MR) is 83.4 cm³/mol. The molecule has 0 heterocycles. The van der Waals surface area contributed by atoms with Crippen molar-refractivity contribution in [3.63, 3.8) is 0 Å². The smallest absolute Gasteiger partial charge is 0.150 e. The molecule has 0 atom stereocenters. The van der Waals surface area contributed by atoms with Gasteiger partial charge in [-0.05, 0) is 55.3 Å². The minimum absolute atomic E-state index is 0.589. The van der Waals surface area contributed by atoms with E-state index in [0.717, 1.165) is 29.8 Å². The van der Waals surface area contributed by atoms with Crippen LogP contribution in [-0.2, 0) is 0 Å². The summed E-state index contributed by atoms with van der Waals surface area (Å²) in [6.07, 6.45) is 1.63. The fraction of sp³-hybridized carbons (Fsp3) is 0.278. The molecule has 0 radical (unpaired) electrons. The Morgan fingerprint density at radius 2 is 1.67 bits per heavy atom. The van der Waals surface area contributed by atoms with Crippen LogP contribution in [0.4, 0.5) is 0 Å². The molecule has 0 amide bonds. The summed E-state index contributed by atoms with van der Waals surface area (Å²) >= 11 is 0. The number of ether oxygens (including phenoxy) is 2. The largest absolute Gasteiger partial charge is 0.493 e. The van der Waals surface area contributed by atoms with Gasteiger partial charge in [0.25, 0.3) is 0 Å². The van der Waals surface area contributed by atoms with Crippen LogP contribution >= 0.6 is 0 Å². The highest BCUT2D eigenvalue weighted by molar-refractivity contribution is 5.74. The molecule has 0 saturated carbocycles. The van der Waals surface area contributed by atoms with Gasteiger partial charge in [0.2, 0.25) is 0 Å². The number of aldehydes is 1. The molecule has 2 rings (SSSR count). The molecular weight excluding hydrogens is 264 g/mol. The Morgan fingerprint density at radius 1 is 0.952 bits per heavy atom. The minimum Gasteiger partial charge on any atom is -0.493 e. The zero-order chi connectivity index (χ0) is 15.1. The Bertz CT molecular complexity index is 588. The third-order valence-corrected chi connectivity index (χ3v) is 3.17. The molecule has 0 aromatic heterocycles. The van der Waals surface area contributed by atoms with Crippen LogP contribution in [0, 0.1) is 13.8 Å². The van der Waals surface area contributed by atoms with Crippen molar-refractivity contribution in [3.05, 3.63) is 59.2 Å². The van der Waals surface area contributed by atoms with Gasteiger partial charge >= 0.3 is 0 Å². The van der Waals surface area contributed by atoms with Crippen LogP contribution in [0.5, 0.6) is 11.5 Å². The Morgan fingerprint density at radius 3 is 2.38 bits per heavy atom. The molecule has 3 nitrogen and oxygen atoms in total. The van der Waals surface area contributed by atoms with E-state index in [2.05, 4.69) is 19.1 Å². The molecule has 0 aliphatic carbocycles. The van der Waals surface area contributed by atoms with Crippen molar-refractivity contribution in [2.45, 2.75) is 20.3 Å². The molecule has 0 aliphatic heterocycles. The van der Waals surface area contributed by atoms with Gasteiger partial charge in [0, 0.05) is 12.0 Å². The van der Waals surface area contributed by atoms with E-state index in [0.29, 0.717) is 18.8 Å². The lowest BCUT2D eigenvalue weighted by Crippen LogP contribution is -2.05. The van der Waals surface area contributed by atoms with E-state index in [1.54, 1.807) is 24.3 Å². The van der Waals surface area contributed by atoms with Crippen LogP contribution in [0.3, 0.4) is 0 Å².